The van der Waals surface area contributed by atoms with Crippen LogP contribution in [0.3, 0.4) is 0 Å². The van der Waals surface area contributed by atoms with E-state index in [2.05, 4.69) is 9.97 Å². The minimum Gasteiger partial charge on any atom is -0.460 e. The molecular formula is C13H19N5O3. The smallest absolute Gasteiger partial charge is 0.332 e. The number of nitrogens with two attached hydrogens (primary N) is 1. The van der Waals surface area contributed by atoms with Gasteiger partial charge in [0.1, 0.15) is 6.10 Å². The van der Waals surface area contributed by atoms with Crippen molar-refractivity contribution in [1.82, 2.24) is 19.1 Å². The van der Waals surface area contributed by atoms with Crippen molar-refractivity contribution in [2.45, 2.75) is 37.8 Å². The lowest BCUT2D eigenvalue weighted by Crippen LogP contribution is -2.41. The highest BCUT2D eigenvalue weighted by Gasteiger charge is 2.25. The number of aryl methyl sites for hydroxylation is 1. The number of nitrogens with zero attached hydrogens (tertiary/aromatic N) is 3. The van der Waals surface area contributed by atoms with Gasteiger partial charge in [0.25, 0.3) is 11.6 Å². The number of rotatable bonds is 2. The maximum absolute atomic E-state index is 12.1. The van der Waals surface area contributed by atoms with Gasteiger partial charge in [-0.25, -0.2) is 4.79 Å². The summed E-state index contributed by atoms with van der Waals surface area (Å²) in [5, 5.41) is 0. The standard InChI is InChI=1S/C13H19N5O3/c1-17-10-9(11(19)18(2)13(17)20)15-12(16-10)21-8-6-4-3-5-7(8)14/h7-8H,3-6,14H2,1-2H3,(H,15,16). The highest BCUT2D eigenvalue weighted by molar-refractivity contribution is 5.70. The van der Waals surface area contributed by atoms with Crippen LogP contribution in [-0.2, 0) is 14.1 Å². The van der Waals surface area contributed by atoms with Crippen LogP contribution in [0.2, 0.25) is 0 Å². The summed E-state index contributed by atoms with van der Waals surface area (Å²) >= 11 is 0. The van der Waals surface area contributed by atoms with Crippen molar-refractivity contribution < 1.29 is 4.74 Å². The monoisotopic (exact) mass is 293 g/mol. The molecule has 1 aliphatic carbocycles. The highest BCUT2D eigenvalue weighted by atomic mass is 16.5. The van der Waals surface area contributed by atoms with Gasteiger partial charge in [-0.2, -0.15) is 4.98 Å². The molecule has 114 valence electrons. The Balaban J connectivity index is 2.02. The Morgan fingerprint density at radius 1 is 1.24 bits per heavy atom. The lowest BCUT2D eigenvalue weighted by atomic mass is 9.93. The van der Waals surface area contributed by atoms with Crippen LogP contribution in [0.15, 0.2) is 9.59 Å². The molecule has 2 aromatic heterocycles. The summed E-state index contributed by atoms with van der Waals surface area (Å²) in [6.07, 6.45) is 3.86. The van der Waals surface area contributed by atoms with Gasteiger partial charge in [0.05, 0.1) is 0 Å². The van der Waals surface area contributed by atoms with Crippen molar-refractivity contribution in [3.05, 3.63) is 20.8 Å². The Labute approximate surface area is 120 Å². The Morgan fingerprint density at radius 3 is 2.67 bits per heavy atom. The molecule has 8 heteroatoms. The van der Waals surface area contributed by atoms with E-state index < -0.39 is 11.2 Å². The molecule has 1 saturated carbocycles. The average Bonchev–Trinajstić information content (AvgIpc) is 2.89. The van der Waals surface area contributed by atoms with Gasteiger partial charge in [0, 0.05) is 20.1 Å². The summed E-state index contributed by atoms with van der Waals surface area (Å²) in [5.74, 6) is 0. The molecule has 2 atom stereocenters. The van der Waals surface area contributed by atoms with Crippen LogP contribution in [0.5, 0.6) is 6.01 Å². The molecule has 2 aromatic rings. The fraction of sp³-hybridized carbons (Fsp3) is 0.615. The van der Waals surface area contributed by atoms with Gasteiger partial charge in [0.15, 0.2) is 11.2 Å². The van der Waals surface area contributed by atoms with Crippen molar-refractivity contribution in [3.8, 4) is 6.01 Å². The Bertz CT molecular complexity index is 787. The first kappa shape index (κ1) is 13.9. The molecule has 3 rings (SSSR count). The number of aromatic nitrogens is 4. The molecule has 8 nitrogen and oxygen atoms in total. The molecule has 0 spiro atoms. The number of hydrogen-bond acceptors (Lipinski definition) is 5. The number of aromatic amines is 1. The van der Waals surface area contributed by atoms with E-state index >= 15 is 0 Å². The lowest BCUT2D eigenvalue weighted by Gasteiger charge is -2.27. The second-order valence-corrected chi connectivity index (χ2v) is 5.55. The fourth-order valence-electron chi connectivity index (χ4n) is 2.78. The third-order valence-electron chi connectivity index (χ3n) is 4.09. The topological polar surface area (TPSA) is 108 Å². The van der Waals surface area contributed by atoms with Gasteiger partial charge in [-0.1, -0.05) is 6.42 Å². The number of imidazole rings is 1. The molecule has 0 amide bonds. The minimum atomic E-state index is -0.417. The SMILES string of the molecule is Cn1c(=O)c2[nH]c(OC3CCCCC3N)nc2n(C)c1=O. The zero-order valence-electron chi connectivity index (χ0n) is 12.1. The first-order valence-corrected chi connectivity index (χ1v) is 7.07. The maximum atomic E-state index is 12.1. The second-order valence-electron chi connectivity index (χ2n) is 5.55. The van der Waals surface area contributed by atoms with Crippen molar-refractivity contribution in [1.29, 1.82) is 0 Å². The first-order valence-electron chi connectivity index (χ1n) is 7.07. The average molecular weight is 293 g/mol. The molecule has 0 bridgehead atoms. The van der Waals surface area contributed by atoms with Crippen molar-refractivity contribution in [2.75, 3.05) is 0 Å². The normalized spacial score (nSPS) is 22.6. The predicted molar refractivity (Wildman–Crippen MR) is 77.4 cm³/mol. The Hall–Kier alpha value is -2.09. The number of H-pyrrole nitrogens is 1. The lowest BCUT2D eigenvalue weighted by molar-refractivity contribution is 0.122. The number of hydrogen-bond donors (Lipinski definition) is 2. The minimum absolute atomic E-state index is 0.0291. The fourth-order valence-corrected chi connectivity index (χ4v) is 2.78. The highest BCUT2D eigenvalue weighted by Crippen LogP contribution is 2.22. The van der Waals surface area contributed by atoms with Crippen molar-refractivity contribution in [3.63, 3.8) is 0 Å². The van der Waals surface area contributed by atoms with E-state index in [9.17, 15) is 9.59 Å². The third kappa shape index (κ3) is 2.25. The van der Waals surface area contributed by atoms with Crippen LogP contribution in [0.4, 0.5) is 0 Å². The van der Waals surface area contributed by atoms with Gasteiger partial charge >= 0.3 is 5.69 Å². The van der Waals surface area contributed by atoms with Gasteiger partial charge in [-0.15, -0.1) is 0 Å². The predicted octanol–water partition coefficient (Wildman–Crippen LogP) is -0.391. The maximum Gasteiger partial charge on any atom is 0.332 e. The number of ether oxygens (including phenoxy) is 1. The molecule has 2 unspecified atom stereocenters. The molecule has 1 aliphatic rings. The van der Waals surface area contributed by atoms with Crippen molar-refractivity contribution >= 4 is 11.2 Å². The van der Waals surface area contributed by atoms with Crippen LogP contribution in [0.1, 0.15) is 25.7 Å². The van der Waals surface area contributed by atoms with E-state index in [4.69, 9.17) is 10.5 Å². The zero-order valence-corrected chi connectivity index (χ0v) is 12.1. The van der Waals surface area contributed by atoms with E-state index in [0.717, 1.165) is 30.3 Å². The van der Waals surface area contributed by atoms with E-state index in [-0.39, 0.29) is 23.7 Å². The molecule has 1 fully saturated rings. The molecule has 0 saturated heterocycles. The molecule has 0 aliphatic heterocycles. The Morgan fingerprint density at radius 2 is 1.95 bits per heavy atom. The van der Waals surface area contributed by atoms with Crippen LogP contribution < -0.4 is 21.7 Å². The van der Waals surface area contributed by atoms with E-state index in [1.807, 2.05) is 0 Å². The number of nitrogens with one attached hydrogen (secondary N) is 1. The van der Waals surface area contributed by atoms with Crippen LogP contribution >= 0.6 is 0 Å². The van der Waals surface area contributed by atoms with Gasteiger partial charge in [-0.3, -0.25) is 13.9 Å². The third-order valence-corrected chi connectivity index (χ3v) is 4.09. The summed E-state index contributed by atoms with van der Waals surface area (Å²) in [6.45, 7) is 0. The van der Waals surface area contributed by atoms with Gasteiger partial charge in [0.2, 0.25) is 0 Å². The number of fused-ring (bicyclic) bond motifs is 1. The van der Waals surface area contributed by atoms with E-state index in [1.165, 1.54) is 11.6 Å². The summed E-state index contributed by atoms with van der Waals surface area (Å²) in [4.78, 5) is 31.0. The zero-order chi connectivity index (χ0) is 15.1. The molecule has 0 aromatic carbocycles. The van der Waals surface area contributed by atoms with Crippen LogP contribution in [0.25, 0.3) is 11.2 Å². The summed E-state index contributed by atoms with van der Waals surface area (Å²) < 4.78 is 8.15. The van der Waals surface area contributed by atoms with Crippen LogP contribution in [0, 0.1) is 0 Å². The molecule has 3 N–H and O–H groups in total. The quantitative estimate of drug-likeness (QED) is 0.784. The van der Waals surface area contributed by atoms with E-state index in [0.29, 0.717) is 5.65 Å². The molecule has 21 heavy (non-hydrogen) atoms. The van der Waals surface area contributed by atoms with Crippen molar-refractivity contribution in [2.24, 2.45) is 19.8 Å². The summed E-state index contributed by atoms with van der Waals surface area (Å²) in [6, 6.07) is 0.212. The summed E-state index contributed by atoms with van der Waals surface area (Å²) in [7, 11) is 3.00. The molecule has 2 heterocycles. The molecular weight excluding hydrogens is 274 g/mol. The second kappa shape index (κ2) is 5.03. The van der Waals surface area contributed by atoms with Gasteiger partial charge in [-0.05, 0) is 19.3 Å². The summed E-state index contributed by atoms with van der Waals surface area (Å²) in [5.41, 5.74) is 5.77. The first-order chi connectivity index (χ1) is 9.99. The van der Waals surface area contributed by atoms with Crippen LogP contribution in [-0.4, -0.2) is 31.2 Å². The van der Waals surface area contributed by atoms with E-state index in [1.54, 1.807) is 7.05 Å². The Kier molecular flexibility index (Phi) is 3.32. The molecule has 0 radical (unpaired) electrons. The van der Waals surface area contributed by atoms with Gasteiger partial charge < -0.3 is 15.5 Å². The largest absolute Gasteiger partial charge is 0.460 e.